The molecule has 94 valence electrons. The first kappa shape index (κ1) is 15.1. The Bertz CT molecular complexity index is 207. The average Bonchev–Trinajstić information content (AvgIpc) is 2.24. The number of carboxylic acids is 1. The second-order valence-electron chi connectivity index (χ2n) is 3.56. The van der Waals surface area contributed by atoms with Gasteiger partial charge in [0, 0.05) is 26.2 Å². The van der Waals surface area contributed by atoms with Crippen molar-refractivity contribution in [2.24, 2.45) is 0 Å². The maximum absolute atomic E-state index is 10.2. The molecule has 16 heavy (non-hydrogen) atoms. The smallest absolute Gasteiger partial charge is 0.304 e. The van der Waals surface area contributed by atoms with Crippen molar-refractivity contribution in [1.29, 1.82) is 0 Å². The highest BCUT2D eigenvalue weighted by molar-refractivity contribution is 5.66. The Morgan fingerprint density at radius 3 is 2.62 bits per heavy atom. The first-order valence-electron chi connectivity index (χ1n) is 5.59. The number of aliphatic hydroxyl groups excluding tert-OH is 1. The third-order valence-electron chi connectivity index (χ3n) is 2.02. The van der Waals surface area contributed by atoms with Gasteiger partial charge in [0.25, 0.3) is 0 Å². The summed E-state index contributed by atoms with van der Waals surface area (Å²) in [6, 6.07) is 0. The van der Waals surface area contributed by atoms with Crippen LogP contribution in [0.5, 0.6) is 0 Å². The normalized spacial score (nSPS) is 13.1. The molecule has 0 aliphatic carbocycles. The van der Waals surface area contributed by atoms with Gasteiger partial charge in [0.15, 0.2) is 0 Å². The van der Waals surface area contributed by atoms with E-state index in [2.05, 4.69) is 10.6 Å². The van der Waals surface area contributed by atoms with Gasteiger partial charge in [-0.3, -0.25) is 4.79 Å². The van der Waals surface area contributed by atoms with Gasteiger partial charge in [0.1, 0.15) is 0 Å². The second kappa shape index (κ2) is 10.6. The van der Waals surface area contributed by atoms with E-state index in [1.165, 1.54) is 0 Å². The summed E-state index contributed by atoms with van der Waals surface area (Å²) in [4.78, 5) is 10.2. The van der Waals surface area contributed by atoms with Crippen LogP contribution in [-0.4, -0.2) is 48.5 Å². The molecule has 0 heterocycles. The largest absolute Gasteiger partial charge is 0.481 e. The molecule has 0 aromatic heterocycles. The Hall–Kier alpha value is -0.910. The van der Waals surface area contributed by atoms with Gasteiger partial charge in [-0.15, -0.1) is 0 Å². The molecule has 0 aromatic rings. The summed E-state index contributed by atoms with van der Waals surface area (Å²) in [5.41, 5.74) is 0. The standard InChI is InChI=1S/C11H22N2O3/c1-2-3-4-10(14)9-13-8-7-12-6-5-11(15)16/h2-3,10,12-14H,4-9H2,1H3,(H,15,16)/b3-2+. The molecule has 1 unspecified atom stereocenters. The van der Waals surface area contributed by atoms with Crippen molar-refractivity contribution in [3.63, 3.8) is 0 Å². The van der Waals surface area contributed by atoms with Crippen LogP contribution in [-0.2, 0) is 4.79 Å². The van der Waals surface area contributed by atoms with Crippen molar-refractivity contribution in [2.45, 2.75) is 25.9 Å². The fraction of sp³-hybridized carbons (Fsp3) is 0.727. The number of aliphatic hydroxyl groups is 1. The first-order valence-corrected chi connectivity index (χ1v) is 5.59. The number of hydrogen-bond acceptors (Lipinski definition) is 4. The summed E-state index contributed by atoms with van der Waals surface area (Å²) >= 11 is 0. The quantitative estimate of drug-likeness (QED) is 0.313. The molecule has 0 saturated carbocycles. The SMILES string of the molecule is C/C=C/CC(O)CNCCNCCC(=O)O. The number of rotatable bonds is 10. The van der Waals surface area contributed by atoms with Crippen molar-refractivity contribution in [1.82, 2.24) is 10.6 Å². The Morgan fingerprint density at radius 2 is 2.00 bits per heavy atom. The summed E-state index contributed by atoms with van der Waals surface area (Å²) in [5, 5.41) is 23.9. The molecular weight excluding hydrogens is 208 g/mol. The fourth-order valence-electron chi connectivity index (χ4n) is 1.14. The van der Waals surface area contributed by atoms with E-state index in [9.17, 15) is 9.90 Å². The second-order valence-corrected chi connectivity index (χ2v) is 3.56. The summed E-state index contributed by atoms with van der Waals surface area (Å²) in [5.74, 6) is -0.790. The van der Waals surface area contributed by atoms with Crippen LogP contribution in [0, 0.1) is 0 Å². The lowest BCUT2D eigenvalue weighted by atomic mass is 10.2. The predicted octanol–water partition coefficient (Wildman–Crippen LogP) is -0.0326. The van der Waals surface area contributed by atoms with E-state index in [-0.39, 0.29) is 12.5 Å². The van der Waals surface area contributed by atoms with Gasteiger partial charge in [-0.25, -0.2) is 0 Å². The molecule has 4 N–H and O–H groups in total. The minimum Gasteiger partial charge on any atom is -0.481 e. The summed E-state index contributed by atoms with van der Waals surface area (Å²) in [6.07, 6.45) is 4.30. The molecule has 0 aliphatic heterocycles. The van der Waals surface area contributed by atoms with E-state index in [0.29, 0.717) is 26.1 Å². The molecule has 5 nitrogen and oxygen atoms in total. The third-order valence-corrected chi connectivity index (χ3v) is 2.02. The van der Waals surface area contributed by atoms with Gasteiger partial charge < -0.3 is 20.8 Å². The monoisotopic (exact) mass is 230 g/mol. The van der Waals surface area contributed by atoms with Crippen molar-refractivity contribution < 1.29 is 15.0 Å². The highest BCUT2D eigenvalue weighted by atomic mass is 16.4. The van der Waals surface area contributed by atoms with Crippen molar-refractivity contribution in [3.8, 4) is 0 Å². The van der Waals surface area contributed by atoms with Crippen molar-refractivity contribution in [3.05, 3.63) is 12.2 Å². The van der Waals surface area contributed by atoms with E-state index < -0.39 is 5.97 Å². The van der Waals surface area contributed by atoms with E-state index in [1.54, 1.807) is 0 Å². The highest BCUT2D eigenvalue weighted by Gasteiger charge is 2.00. The van der Waals surface area contributed by atoms with Gasteiger partial charge >= 0.3 is 5.97 Å². The van der Waals surface area contributed by atoms with Gasteiger partial charge in [-0.1, -0.05) is 12.2 Å². The fourth-order valence-corrected chi connectivity index (χ4v) is 1.14. The molecule has 0 aromatic carbocycles. The number of hydrogen-bond donors (Lipinski definition) is 4. The maximum atomic E-state index is 10.2. The van der Waals surface area contributed by atoms with Gasteiger partial charge in [0.05, 0.1) is 12.5 Å². The lowest BCUT2D eigenvalue weighted by molar-refractivity contribution is -0.136. The van der Waals surface area contributed by atoms with Crippen LogP contribution in [0.1, 0.15) is 19.8 Å². The van der Waals surface area contributed by atoms with Crippen LogP contribution in [0.3, 0.4) is 0 Å². The number of carboxylic acid groups (broad SMARTS) is 1. The lowest BCUT2D eigenvalue weighted by Crippen LogP contribution is -2.33. The zero-order valence-corrected chi connectivity index (χ0v) is 9.78. The van der Waals surface area contributed by atoms with Gasteiger partial charge in [0.2, 0.25) is 0 Å². The molecule has 0 saturated heterocycles. The molecule has 0 rings (SSSR count). The summed E-state index contributed by atoms with van der Waals surface area (Å²) in [7, 11) is 0. The average molecular weight is 230 g/mol. The van der Waals surface area contributed by atoms with Crippen molar-refractivity contribution >= 4 is 5.97 Å². The maximum Gasteiger partial charge on any atom is 0.304 e. The van der Waals surface area contributed by atoms with E-state index in [0.717, 1.165) is 6.54 Å². The van der Waals surface area contributed by atoms with Crippen LogP contribution in [0.4, 0.5) is 0 Å². The first-order chi connectivity index (χ1) is 7.66. The van der Waals surface area contributed by atoms with E-state index in [4.69, 9.17) is 5.11 Å². The molecule has 1 atom stereocenters. The van der Waals surface area contributed by atoms with Crippen LogP contribution >= 0.6 is 0 Å². The molecule has 0 radical (unpaired) electrons. The molecule has 0 aliphatic rings. The molecule has 0 bridgehead atoms. The Kier molecular flexibility index (Phi) is 10.00. The molecular formula is C11H22N2O3. The topological polar surface area (TPSA) is 81.6 Å². The van der Waals surface area contributed by atoms with Crippen LogP contribution in [0.2, 0.25) is 0 Å². The van der Waals surface area contributed by atoms with Crippen molar-refractivity contribution in [2.75, 3.05) is 26.2 Å². The zero-order valence-electron chi connectivity index (χ0n) is 9.78. The highest BCUT2D eigenvalue weighted by Crippen LogP contribution is 1.90. The van der Waals surface area contributed by atoms with Crippen LogP contribution in [0.25, 0.3) is 0 Å². The molecule has 0 fully saturated rings. The number of nitrogens with one attached hydrogen (secondary N) is 2. The lowest BCUT2D eigenvalue weighted by Gasteiger charge is -2.09. The van der Waals surface area contributed by atoms with Gasteiger partial charge in [-0.2, -0.15) is 0 Å². The summed E-state index contributed by atoms with van der Waals surface area (Å²) < 4.78 is 0. The number of allylic oxidation sites excluding steroid dienone is 1. The molecule has 5 heteroatoms. The van der Waals surface area contributed by atoms with Gasteiger partial charge in [-0.05, 0) is 13.3 Å². The molecule has 0 amide bonds. The van der Waals surface area contributed by atoms with Crippen LogP contribution < -0.4 is 10.6 Å². The Labute approximate surface area is 96.5 Å². The molecule has 0 spiro atoms. The third kappa shape index (κ3) is 11.2. The number of aliphatic carboxylic acids is 1. The van der Waals surface area contributed by atoms with E-state index >= 15 is 0 Å². The Balaban J connectivity index is 3.17. The minimum absolute atomic E-state index is 0.143. The Morgan fingerprint density at radius 1 is 1.31 bits per heavy atom. The zero-order chi connectivity index (χ0) is 12.2. The summed E-state index contributed by atoms with van der Waals surface area (Å²) in [6.45, 7) is 4.41. The number of carbonyl (C=O) groups is 1. The minimum atomic E-state index is -0.790. The predicted molar refractivity (Wildman–Crippen MR) is 63.4 cm³/mol. The van der Waals surface area contributed by atoms with E-state index in [1.807, 2.05) is 19.1 Å². The van der Waals surface area contributed by atoms with Crippen LogP contribution in [0.15, 0.2) is 12.2 Å².